The van der Waals surface area contributed by atoms with Crippen molar-refractivity contribution < 1.29 is 0 Å². The number of nitrogens with one attached hydrogen (secondary N) is 1. The van der Waals surface area contributed by atoms with Crippen molar-refractivity contribution in [1.82, 2.24) is 9.78 Å². The first-order chi connectivity index (χ1) is 7.69. The zero-order chi connectivity index (χ0) is 11.5. The van der Waals surface area contributed by atoms with Gasteiger partial charge in [-0.3, -0.25) is 4.68 Å². The van der Waals surface area contributed by atoms with Crippen LogP contribution in [0.25, 0.3) is 0 Å². The molecule has 0 amide bonds. The molecule has 3 heteroatoms. The lowest BCUT2D eigenvalue weighted by molar-refractivity contribution is 0.524. The summed E-state index contributed by atoms with van der Waals surface area (Å²) in [5.74, 6) is 0.928. The van der Waals surface area contributed by atoms with Gasteiger partial charge in [-0.15, -0.1) is 0 Å². The monoisotopic (exact) mass is 221 g/mol. The first kappa shape index (κ1) is 11.5. The molecule has 16 heavy (non-hydrogen) atoms. The molecule has 1 aromatic rings. The van der Waals surface area contributed by atoms with Crippen molar-refractivity contribution in [2.24, 2.45) is 5.92 Å². The Bertz CT molecular complexity index is 330. The quantitative estimate of drug-likeness (QED) is 0.844. The van der Waals surface area contributed by atoms with E-state index in [-0.39, 0.29) is 0 Å². The molecular formula is C13H23N3. The molecule has 1 aliphatic carbocycles. The van der Waals surface area contributed by atoms with Crippen LogP contribution in [0.15, 0.2) is 12.4 Å². The Kier molecular flexibility index (Phi) is 3.52. The van der Waals surface area contributed by atoms with E-state index in [9.17, 15) is 0 Å². The van der Waals surface area contributed by atoms with Gasteiger partial charge in [0, 0.05) is 18.3 Å². The summed E-state index contributed by atoms with van der Waals surface area (Å²) in [6.45, 7) is 6.60. The standard InChI is InChI=1S/C13H23N3/c1-4-11-5-6-12(7-11)15-13-8-14-16(9-13)10(2)3/h8-12,15H,4-7H2,1-3H3. The average molecular weight is 221 g/mol. The van der Waals surface area contributed by atoms with Gasteiger partial charge in [-0.1, -0.05) is 13.3 Å². The SMILES string of the molecule is CCC1CCC(Nc2cnn(C(C)C)c2)C1. The van der Waals surface area contributed by atoms with Crippen molar-refractivity contribution >= 4 is 5.69 Å². The second-order valence-corrected chi connectivity index (χ2v) is 5.23. The fourth-order valence-corrected chi connectivity index (χ4v) is 2.51. The van der Waals surface area contributed by atoms with Crippen molar-refractivity contribution in [2.45, 2.75) is 58.5 Å². The molecule has 3 nitrogen and oxygen atoms in total. The van der Waals surface area contributed by atoms with Crippen LogP contribution < -0.4 is 5.32 Å². The molecular weight excluding hydrogens is 198 g/mol. The molecule has 2 rings (SSSR count). The van der Waals surface area contributed by atoms with Crippen molar-refractivity contribution in [1.29, 1.82) is 0 Å². The molecule has 0 radical (unpaired) electrons. The highest BCUT2D eigenvalue weighted by atomic mass is 15.3. The first-order valence-corrected chi connectivity index (χ1v) is 6.49. The minimum Gasteiger partial charge on any atom is -0.380 e. The van der Waals surface area contributed by atoms with E-state index in [1.165, 1.54) is 31.4 Å². The van der Waals surface area contributed by atoms with E-state index in [0.29, 0.717) is 12.1 Å². The topological polar surface area (TPSA) is 29.9 Å². The summed E-state index contributed by atoms with van der Waals surface area (Å²) >= 11 is 0. The molecule has 0 saturated heterocycles. The van der Waals surface area contributed by atoms with E-state index in [1.54, 1.807) is 0 Å². The number of aromatic nitrogens is 2. The number of anilines is 1. The lowest BCUT2D eigenvalue weighted by Gasteiger charge is -2.12. The maximum absolute atomic E-state index is 4.35. The highest BCUT2D eigenvalue weighted by molar-refractivity contribution is 5.39. The van der Waals surface area contributed by atoms with Crippen LogP contribution in [0.2, 0.25) is 0 Å². The molecule has 90 valence electrons. The van der Waals surface area contributed by atoms with E-state index in [1.807, 2.05) is 10.9 Å². The molecule has 0 aliphatic heterocycles. The van der Waals surface area contributed by atoms with Gasteiger partial charge in [0.05, 0.1) is 11.9 Å². The highest BCUT2D eigenvalue weighted by Gasteiger charge is 2.23. The second-order valence-electron chi connectivity index (χ2n) is 5.23. The van der Waals surface area contributed by atoms with Crippen molar-refractivity contribution in [3.8, 4) is 0 Å². The van der Waals surface area contributed by atoms with Gasteiger partial charge in [0.15, 0.2) is 0 Å². The minimum absolute atomic E-state index is 0.447. The fourth-order valence-electron chi connectivity index (χ4n) is 2.51. The van der Waals surface area contributed by atoms with E-state index in [2.05, 4.69) is 37.4 Å². The Hall–Kier alpha value is -0.990. The Morgan fingerprint density at radius 2 is 2.31 bits per heavy atom. The van der Waals surface area contributed by atoms with E-state index in [0.717, 1.165) is 5.92 Å². The molecule has 0 bridgehead atoms. The van der Waals surface area contributed by atoms with Crippen molar-refractivity contribution in [3.63, 3.8) is 0 Å². The second kappa shape index (κ2) is 4.89. The number of nitrogens with zero attached hydrogens (tertiary/aromatic N) is 2. The summed E-state index contributed by atoms with van der Waals surface area (Å²) in [7, 11) is 0. The maximum atomic E-state index is 4.35. The van der Waals surface area contributed by atoms with Gasteiger partial charge < -0.3 is 5.32 Å². The smallest absolute Gasteiger partial charge is 0.0728 e. The van der Waals surface area contributed by atoms with Crippen LogP contribution in [-0.2, 0) is 0 Å². The molecule has 0 aromatic carbocycles. The zero-order valence-electron chi connectivity index (χ0n) is 10.6. The van der Waals surface area contributed by atoms with Gasteiger partial charge in [0.2, 0.25) is 0 Å². The van der Waals surface area contributed by atoms with E-state index in [4.69, 9.17) is 0 Å². The van der Waals surface area contributed by atoms with E-state index >= 15 is 0 Å². The predicted molar refractivity (Wildman–Crippen MR) is 67.7 cm³/mol. The lowest BCUT2D eigenvalue weighted by atomic mass is 10.1. The first-order valence-electron chi connectivity index (χ1n) is 6.49. The normalized spacial score (nSPS) is 25.2. The zero-order valence-corrected chi connectivity index (χ0v) is 10.6. The van der Waals surface area contributed by atoms with Crippen LogP contribution >= 0.6 is 0 Å². The summed E-state index contributed by atoms with van der Waals surface area (Å²) < 4.78 is 2.01. The number of rotatable bonds is 4. The molecule has 2 atom stereocenters. The van der Waals surface area contributed by atoms with Crippen molar-refractivity contribution in [2.75, 3.05) is 5.32 Å². The highest BCUT2D eigenvalue weighted by Crippen LogP contribution is 2.30. The minimum atomic E-state index is 0.447. The molecule has 0 spiro atoms. The average Bonchev–Trinajstić information content (AvgIpc) is 2.87. The van der Waals surface area contributed by atoms with Crippen LogP contribution in [0.4, 0.5) is 5.69 Å². The molecule has 1 aromatic heterocycles. The Morgan fingerprint density at radius 3 is 2.88 bits per heavy atom. The Labute approximate surface area is 98.2 Å². The van der Waals surface area contributed by atoms with Gasteiger partial charge in [-0.2, -0.15) is 5.10 Å². The van der Waals surface area contributed by atoms with Crippen LogP contribution in [-0.4, -0.2) is 15.8 Å². The number of hydrogen-bond donors (Lipinski definition) is 1. The van der Waals surface area contributed by atoms with Gasteiger partial charge in [0.1, 0.15) is 0 Å². The molecule has 1 aliphatic rings. The maximum Gasteiger partial charge on any atom is 0.0728 e. The Morgan fingerprint density at radius 1 is 1.50 bits per heavy atom. The summed E-state index contributed by atoms with van der Waals surface area (Å²) in [6, 6.07) is 1.11. The van der Waals surface area contributed by atoms with Gasteiger partial charge in [-0.05, 0) is 39.0 Å². The van der Waals surface area contributed by atoms with Crippen LogP contribution in [0, 0.1) is 5.92 Å². The fraction of sp³-hybridized carbons (Fsp3) is 0.769. The molecule has 1 fully saturated rings. The predicted octanol–water partition coefficient (Wildman–Crippen LogP) is 3.45. The van der Waals surface area contributed by atoms with Crippen LogP contribution in [0.5, 0.6) is 0 Å². The summed E-state index contributed by atoms with van der Waals surface area (Å²) in [6.07, 6.45) is 9.40. The van der Waals surface area contributed by atoms with E-state index < -0.39 is 0 Å². The van der Waals surface area contributed by atoms with Crippen LogP contribution in [0.1, 0.15) is 52.5 Å². The third-order valence-electron chi connectivity index (χ3n) is 3.62. The lowest BCUT2D eigenvalue weighted by Crippen LogP contribution is -2.15. The number of hydrogen-bond acceptors (Lipinski definition) is 2. The molecule has 1 saturated carbocycles. The molecule has 1 heterocycles. The third kappa shape index (κ3) is 2.57. The Balaban J connectivity index is 1.89. The van der Waals surface area contributed by atoms with Gasteiger partial charge in [0.25, 0.3) is 0 Å². The molecule has 1 N–H and O–H groups in total. The molecule has 2 unspecified atom stereocenters. The summed E-state index contributed by atoms with van der Waals surface area (Å²) in [5, 5.41) is 7.95. The third-order valence-corrected chi connectivity index (χ3v) is 3.62. The van der Waals surface area contributed by atoms with Crippen molar-refractivity contribution in [3.05, 3.63) is 12.4 Å². The van der Waals surface area contributed by atoms with Gasteiger partial charge >= 0.3 is 0 Å². The largest absolute Gasteiger partial charge is 0.380 e. The van der Waals surface area contributed by atoms with Gasteiger partial charge in [-0.25, -0.2) is 0 Å². The summed E-state index contributed by atoms with van der Waals surface area (Å²) in [4.78, 5) is 0. The van der Waals surface area contributed by atoms with Crippen LogP contribution in [0.3, 0.4) is 0 Å². The summed E-state index contributed by atoms with van der Waals surface area (Å²) in [5.41, 5.74) is 1.18.